The topological polar surface area (TPSA) is 124 Å². The van der Waals surface area contributed by atoms with Gasteiger partial charge in [-0.2, -0.15) is 0 Å². The van der Waals surface area contributed by atoms with E-state index in [1.807, 2.05) is 0 Å². The van der Waals surface area contributed by atoms with Crippen LogP contribution in [0.2, 0.25) is 0 Å². The van der Waals surface area contributed by atoms with Crippen molar-refractivity contribution in [3.63, 3.8) is 0 Å². The number of rotatable bonds is 6. The summed E-state index contributed by atoms with van der Waals surface area (Å²) in [6.45, 7) is 4.50. The average Bonchev–Trinajstić information content (AvgIpc) is 2.45. The van der Waals surface area contributed by atoms with E-state index >= 15 is 0 Å². The van der Waals surface area contributed by atoms with Gasteiger partial charge in [0.25, 0.3) is 0 Å². The summed E-state index contributed by atoms with van der Waals surface area (Å²) in [6, 6.07) is 0. The van der Waals surface area contributed by atoms with Crippen molar-refractivity contribution in [2.75, 3.05) is 13.7 Å². The molecule has 1 aliphatic rings. The first kappa shape index (κ1) is 20.8. The maximum atomic E-state index is 11.5. The van der Waals surface area contributed by atoms with Crippen LogP contribution in [-0.2, 0) is 47.6 Å². The predicted molar refractivity (Wildman–Crippen MR) is 79.0 cm³/mol. The van der Waals surface area contributed by atoms with Gasteiger partial charge in [-0.25, -0.2) is 0 Å². The van der Waals surface area contributed by atoms with E-state index in [0.29, 0.717) is 0 Å². The molecule has 0 spiro atoms. The highest BCUT2D eigenvalue weighted by molar-refractivity contribution is 5.69. The first-order valence-corrected chi connectivity index (χ1v) is 7.49. The first-order valence-electron chi connectivity index (χ1n) is 7.49. The number of hydrogen-bond acceptors (Lipinski definition) is 10. The van der Waals surface area contributed by atoms with E-state index < -0.39 is 54.6 Å². The third-order valence-corrected chi connectivity index (χ3v) is 3.11. The van der Waals surface area contributed by atoms with E-state index in [-0.39, 0.29) is 6.61 Å². The summed E-state index contributed by atoms with van der Waals surface area (Å²) >= 11 is 0. The molecule has 5 atom stereocenters. The van der Waals surface area contributed by atoms with Gasteiger partial charge in [-0.1, -0.05) is 0 Å². The van der Waals surface area contributed by atoms with Gasteiger partial charge in [-0.15, -0.1) is 0 Å². The third-order valence-electron chi connectivity index (χ3n) is 3.11. The van der Waals surface area contributed by atoms with Crippen molar-refractivity contribution in [1.82, 2.24) is 0 Å². The maximum Gasteiger partial charge on any atom is 0.305 e. The molecule has 1 heterocycles. The Labute approximate surface area is 144 Å². The van der Waals surface area contributed by atoms with E-state index in [1.54, 1.807) is 0 Å². The Morgan fingerprint density at radius 3 is 1.60 bits per heavy atom. The van der Waals surface area contributed by atoms with Crippen molar-refractivity contribution in [3.8, 4) is 0 Å². The molecule has 0 aromatic rings. The smallest absolute Gasteiger partial charge is 0.305 e. The lowest BCUT2D eigenvalue weighted by atomic mass is 9.98. The zero-order valence-electron chi connectivity index (χ0n) is 14.7. The van der Waals surface area contributed by atoms with Crippen molar-refractivity contribution < 1.29 is 47.6 Å². The molecule has 0 bridgehead atoms. The molecule has 0 amide bonds. The van der Waals surface area contributed by atoms with Gasteiger partial charge in [0, 0.05) is 34.8 Å². The largest absolute Gasteiger partial charge is 0.456 e. The lowest BCUT2D eigenvalue weighted by Gasteiger charge is -2.43. The van der Waals surface area contributed by atoms with Crippen LogP contribution in [-0.4, -0.2) is 68.3 Å². The first-order chi connectivity index (χ1) is 11.6. The van der Waals surface area contributed by atoms with Crippen molar-refractivity contribution in [3.05, 3.63) is 0 Å². The van der Waals surface area contributed by atoms with Crippen LogP contribution < -0.4 is 0 Å². The summed E-state index contributed by atoms with van der Waals surface area (Å²) in [5, 5.41) is 0. The fraction of sp³-hybridized carbons (Fsp3) is 0.733. The van der Waals surface area contributed by atoms with Crippen molar-refractivity contribution in [1.29, 1.82) is 0 Å². The summed E-state index contributed by atoms with van der Waals surface area (Å²) in [4.78, 5) is 45.7. The summed E-state index contributed by atoms with van der Waals surface area (Å²) < 4.78 is 31.1. The molecule has 1 fully saturated rings. The van der Waals surface area contributed by atoms with Gasteiger partial charge in [-0.05, 0) is 0 Å². The average molecular weight is 362 g/mol. The summed E-state index contributed by atoms with van der Waals surface area (Å²) in [5.74, 6) is -2.81. The van der Waals surface area contributed by atoms with E-state index in [0.717, 1.165) is 27.7 Å². The van der Waals surface area contributed by atoms with Gasteiger partial charge in [-0.3, -0.25) is 19.2 Å². The van der Waals surface area contributed by atoms with Gasteiger partial charge < -0.3 is 28.4 Å². The van der Waals surface area contributed by atoms with E-state index in [2.05, 4.69) is 0 Å². The lowest BCUT2D eigenvalue weighted by molar-refractivity contribution is -0.300. The number of esters is 4. The number of carbonyl (C=O) groups is 4. The molecule has 142 valence electrons. The van der Waals surface area contributed by atoms with Gasteiger partial charge in [0.2, 0.25) is 12.4 Å². The Morgan fingerprint density at radius 1 is 0.720 bits per heavy atom. The number of ether oxygens (including phenoxy) is 6. The Balaban J connectivity index is 3.25. The molecule has 0 radical (unpaired) electrons. The Hall–Kier alpha value is -2.20. The van der Waals surface area contributed by atoms with Gasteiger partial charge in [0.15, 0.2) is 12.2 Å². The molecule has 0 aromatic heterocycles. The normalized spacial score (nSPS) is 28.6. The van der Waals surface area contributed by atoms with Crippen LogP contribution >= 0.6 is 0 Å². The lowest BCUT2D eigenvalue weighted by Crippen LogP contribution is -2.63. The van der Waals surface area contributed by atoms with Gasteiger partial charge in [0.05, 0.1) is 6.61 Å². The summed E-state index contributed by atoms with van der Waals surface area (Å²) in [6.07, 6.45) is -5.98. The molecular formula is C15H22O10. The Morgan fingerprint density at radius 2 is 1.16 bits per heavy atom. The van der Waals surface area contributed by atoms with Crippen molar-refractivity contribution >= 4 is 23.9 Å². The number of methoxy groups -OCH3 is 1. The molecule has 0 saturated carbocycles. The quantitative estimate of drug-likeness (QED) is 0.460. The molecular weight excluding hydrogens is 340 g/mol. The fourth-order valence-electron chi connectivity index (χ4n) is 2.41. The summed E-state index contributed by atoms with van der Waals surface area (Å²) in [7, 11) is 1.38. The SMILES string of the molecule is COC[C@H]1O[C@@H](OC(C)=O)[C@H](OC(C)=O)[C@@H](OC(C)=O)[C@@H]1OC(C)=O. The highest BCUT2D eigenvalue weighted by atomic mass is 16.7. The summed E-state index contributed by atoms with van der Waals surface area (Å²) in [5.41, 5.74) is 0. The Kier molecular flexibility index (Phi) is 7.78. The predicted octanol–water partition coefficient (Wildman–Crippen LogP) is -0.284. The molecule has 0 aliphatic carbocycles. The van der Waals surface area contributed by atoms with Crippen LogP contribution in [0, 0.1) is 0 Å². The minimum atomic E-state index is -1.36. The molecule has 1 rings (SSSR count). The highest BCUT2D eigenvalue weighted by Crippen LogP contribution is 2.29. The standard InChI is InChI=1S/C15H22O10/c1-7(16)21-12-11(6-20-5)25-15(24-10(4)19)14(23-9(3)18)13(12)22-8(2)17/h11-15H,6H2,1-5H3/t11-,12-,13+,14-,15-/m1/s1. The minimum absolute atomic E-state index is 0.0553. The molecule has 10 heteroatoms. The monoisotopic (exact) mass is 362 g/mol. The fourth-order valence-corrected chi connectivity index (χ4v) is 2.41. The maximum absolute atomic E-state index is 11.5. The zero-order valence-corrected chi connectivity index (χ0v) is 14.7. The molecule has 10 nitrogen and oxygen atoms in total. The Bertz CT molecular complexity index is 516. The van der Waals surface area contributed by atoms with Crippen LogP contribution in [0.15, 0.2) is 0 Å². The zero-order chi connectivity index (χ0) is 19.1. The van der Waals surface area contributed by atoms with Crippen LogP contribution in [0.1, 0.15) is 27.7 Å². The second-order valence-corrected chi connectivity index (χ2v) is 5.33. The van der Waals surface area contributed by atoms with Crippen LogP contribution in [0.3, 0.4) is 0 Å². The van der Waals surface area contributed by atoms with E-state index in [9.17, 15) is 19.2 Å². The van der Waals surface area contributed by atoms with Crippen LogP contribution in [0.4, 0.5) is 0 Å². The number of carbonyl (C=O) groups excluding carboxylic acids is 4. The highest BCUT2D eigenvalue weighted by Gasteiger charge is 2.53. The van der Waals surface area contributed by atoms with Gasteiger partial charge >= 0.3 is 23.9 Å². The molecule has 0 aromatic carbocycles. The number of hydrogen-bond donors (Lipinski definition) is 0. The van der Waals surface area contributed by atoms with E-state index in [1.165, 1.54) is 7.11 Å². The van der Waals surface area contributed by atoms with E-state index in [4.69, 9.17) is 28.4 Å². The molecule has 25 heavy (non-hydrogen) atoms. The second kappa shape index (κ2) is 9.33. The third kappa shape index (κ3) is 6.31. The molecule has 0 N–H and O–H groups in total. The molecule has 1 aliphatic heterocycles. The van der Waals surface area contributed by atoms with Crippen LogP contribution in [0.5, 0.6) is 0 Å². The molecule has 1 saturated heterocycles. The van der Waals surface area contributed by atoms with Crippen molar-refractivity contribution in [2.45, 2.75) is 58.4 Å². The molecule has 0 unspecified atom stereocenters. The minimum Gasteiger partial charge on any atom is -0.456 e. The van der Waals surface area contributed by atoms with Gasteiger partial charge in [0.1, 0.15) is 6.10 Å². The van der Waals surface area contributed by atoms with Crippen molar-refractivity contribution in [2.24, 2.45) is 0 Å². The van der Waals surface area contributed by atoms with Crippen LogP contribution in [0.25, 0.3) is 0 Å². The second-order valence-electron chi connectivity index (χ2n) is 5.33.